The van der Waals surface area contributed by atoms with E-state index in [9.17, 15) is 4.79 Å². The summed E-state index contributed by atoms with van der Waals surface area (Å²) in [5.41, 5.74) is -0.443. The highest BCUT2D eigenvalue weighted by Gasteiger charge is 2.15. The maximum atomic E-state index is 11.6. The number of ether oxygens (including phenoxy) is 1. The first-order valence-electron chi connectivity index (χ1n) is 8.94. The van der Waals surface area contributed by atoms with E-state index in [1.54, 1.807) is 0 Å². The van der Waals surface area contributed by atoms with Crippen LogP contribution in [0.5, 0.6) is 0 Å². The predicted octanol–water partition coefficient (Wildman–Crippen LogP) is 0.574. The van der Waals surface area contributed by atoms with Crippen molar-refractivity contribution in [3.8, 4) is 0 Å². The number of alkyl carbamates (subject to hydrolysis) is 1. The number of nitrogens with one attached hydrogen (secondary N) is 3. The Labute approximate surface area is 148 Å². The minimum Gasteiger partial charge on any atom is -0.444 e. The molecular weight excluding hydrogens is 306 g/mol. The zero-order chi connectivity index (χ0) is 18.4. The van der Waals surface area contributed by atoms with Gasteiger partial charge in [0.1, 0.15) is 5.60 Å². The van der Waals surface area contributed by atoms with Crippen LogP contribution in [0.3, 0.4) is 0 Å². The van der Waals surface area contributed by atoms with Crippen LogP contribution in [-0.4, -0.2) is 95.0 Å². The summed E-state index contributed by atoms with van der Waals surface area (Å²) in [4.78, 5) is 16.2. The maximum Gasteiger partial charge on any atom is 0.407 e. The molecular formula is C17H39N5O2. The number of hydrogen-bond acceptors (Lipinski definition) is 6. The minimum absolute atomic E-state index is 0.338. The summed E-state index contributed by atoms with van der Waals surface area (Å²) in [5, 5.41) is 9.47. The molecule has 0 saturated carbocycles. The van der Waals surface area contributed by atoms with Crippen LogP contribution >= 0.6 is 0 Å². The van der Waals surface area contributed by atoms with E-state index in [0.29, 0.717) is 6.54 Å². The molecule has 0 atom stereocenters. The third-order valence-corrected chi connectivity index (χ3v) is 3.34. The second-order valence-electron chi connectivity index (χ2n) is 7.28. The Morgan fingerprint density at radius 3 is 2.17 bits per heavy atom. The number of carbonyl (C=O) groups is 1. The fourth-order valence-electron chi connectivity index (χ4n) is 2.08. The first kappa shape index (κ1) is 23.1. The van der Waals surface area contributed by atoms with Gasteiger partial charge < -0.3 is 30.5 Å². The van der Waals surface area contributed by atoms with Crippen LogP contribution in [0.4, 0.5) is 4.79 Å². The molecule has 0 radical (unpaired) electrons. The molecule has 1 amide bonds. The molecule has 0 aromatic heterocycles. The highest BCUT2D eigenvalue weighted by Crippen LogP contribution is 2.06. The summed E-state index contributed by atoms with van der Waals surface area (Å²) in [7, 11) is 6.13. The lowest BCUT2D eigenvalue weighted by molar-refractivity contribution is 0.0525. The topological polar surface area (TPSA) is 68.9 Å². The third-order valence-electron chi connectivity index (χ3n) is 3.34. The van der Waals surface area contributed by atoms with E-state index >= 15 is 0 Å². The summed E-state index contributed by atoms with van der Waals surface area (Å²) in [6.45, 7) is 13.3. The molecule has 3 N–H and O–H groups in total. The van der Waals surface area contributed by atoms with Gasteiger partial charge in [0.05, 0.1) is 0 Å². The Balaban J connectivity index is 3.87. The normalized spacial score (nSPS) is 12.0. The molecule has 0 aliphatic heterocycles. The lowest BCUT2D eigenvalue weighted by Gasteiger charge is -2.23. The van der Waals surface area contributed by atoms with E-state index in [1.807, 2.05) is 27.8 Å². The molecule has 7 heteroatoms. The fourth-order valence-corrected chi connectivity index (χ4v) is 2.08. The number of carbonyl (C=O) groups excluding carboxylic acids is 1. The van der Waals surface area contributed by atoms with E-state index in [0.717, 1.165) is 52.2 Å². The Kier molecular flexibility index (Phi) is 12.9. The third kappa shape index (κ3) is 16.0. The fraction of sp³-hybridized carbons (Fsp3) is 0.941. The van der Waals surface area contributed by atoms with Crippen LogP contribution in [0.25, 0.3) is 0 Å². The highest BCUT2D eigenvalue weighted by molar-refractivity contribution is 5.67. The molecule has 0 aromatic carbocycles. The summed E-state index contributed by atoms with van der Waals surface area (Å²) < 4.78 is 5.23. The molecule has 0 saturated heterocycles. The highest BCUT2D eigenvalue weighted by atomic mass is 16.6. The summed E-state index contributed by atoms with van der Waals surface area (Å²) in [5.74, 6) is 0. The Hall–Kier alpha value is -0.890. The van der Waals surface area contributed by atoms with Gasteiger partial charge in [-0.1, -0.05) is 0 Å². The lowest BCUT2D eigenvalue weighted by atomic mass is 10.2. The van der Waals surface area contributed by atoms with Crippen LogP contribution in [0.1, 0.15) is 27.2 Å². The van der Waals surface area contributed by atoms with Crippen molar-refractivity contribution < 1.29 is 9.53 Å². The molecule has 7 nitrogen and oxygen atoms in total. The largest absolute Gasteiger partial charge is 0.444 e. The zero-order valence-electron chi connectivity index (χ0n) is 16.6. The molecule has 24 heavy (non-hydrogen) atoms. The van der Waals surface area contributed by atoms with Crippen molar-refractivity contribution in [2.24, 2.45) is 0 Å². The van der Waals surface area contributed by atoms with Crippen molar-refractivity contribution in [2.45, 2.75) is 32.8 Å². The molecule has 144 valence electrons. The van der Waals surface area contributed by atoms with Gasteiger partial charge in [-0.05, 0) is 54.9 Å². The number of likely N-dealkylation sites (N-methyl/N-ethyl adjacent to an activating group) is 2. The van der Waals surface area contributed by atoms with Gasteiger partial charge in [0, 0.05) is 45.8 Å². The van der Waals surface area contributed by atoms with Gasteiger partial charge in [-0.15, -0.1) is 0 Å². The van der Waals surface area contributed by atoms with E-state index < -0.39 is 5.60 Å². The monoisotopic (exact) mass is 345 g/mol. The van der Waals surface area contributed by atoms with Crippen molar-refractivity contribution >= 4 is 6.09 Å². The van der Waals surface area contributed by atoms with Gasteiger partial charge >= 0.3 is 6.09 Å². The van der Waals surface area contributed by atoms with Crippen molar-refractivity contribution in [3.05, 3.63) is 0 Å². The Bertz CT molecular complexity index is 319. The molecule has 0 spiro atoms. The molecule has 0 fully saturated rings. The Morgan fingerprint density at radius 1 is 0.958 bits per heavy atom. The second-order valence-corrected chi connectivity index (χ2v) is 7.28. The number of hydrogen-bond donors (Lipinski definition) is 3. The van der Waals surface area contributed by atoms with Crippen molar-refractivity contribution in [1.82, 2.24) is 25.8 Å². The molecule has 0 unspecified atom stereocenters. The quantitative estimate of drug-likeness (QED) is 0.424. The first-order chi connectivity index (χ1) is 11.2. The van der Waals surface area contributed by atoms with Gasteiger partial charge in [-0.2, -0.15) is 0 Å². The Morgan fingerprint density at radius 2 is 1.58 bits per heavy atom. The molecule has 0 aromatic rings. The van der Waals surface area contributed by atoms with Crippen LogP contribution < -0.4 is 16.0 Å². The average Bonchev–Trinajstić information content (AvgIpc) is 2.45. The minimum atomic E-state index is -0.443. The zero-order valence-corrected chi connectivity index (χ0v) is 16.6. The maximum absolute atomic E-state index is 11.6. The van der Waals surface area contributed by atoms with E-state index in [2.05, 4.69) is 39.8 Å². The first-order valence-corrected chi connectivity index (χ1v) is 8.94. The molecule has 0 heterocycles. The van der Waals surface area contributed by atoms with Crippen molar-refractivity contribution in [2.75, 3.05) is 73.5 Å². The van der Waals surface area contributed by atoms with Gasteiger partial charge in [-0.25, -0.2) is 4.79 Å². The number of amides is 1. The van der Waals surface area contributed by atoms with Crippen LogP contribution in [0.15, 0.2) is 0 Å². The van der Waals surface area contributed by atoms with Crippen LogP contribution in [-0.2, 0) is 4.74 Å². The lowest BCUT2D eigenvalue weighted by Crippen LogP contribution is -2.39. The van der Waals surface area contributed by atoms with Crippen molar-refractivity contribution in [1.29, 1.82) is 0 Å². The van der Waals surface area contributed by atoms with Crippen LogP contribution in [0, 0.1) is 0 Å². The summed E-state index contributed by atoms with van der Waals surface area (Å²) in [6, 6.07) is 0. The number of rotatable bonds is 13. The van der Waals surface area contributed by atoms with Gasteiger partial charge in [-0.3, -0.25) is 0 Å². The summed E-state index contributed by atoms with van der Waals surface area (Å²) in [6.07, 6.45) is 0.579. The van der Waals surface area contributed by atoms with Gasteiger partial charge in [0.2, 0.25) is 0 Å². The SMILES string of the molecule is CNCCN(CCCNC(=O)OC(C)(C)C)CCNCCN(C)C. The predicted molar refractivity (Wildman–Crippen MR) is 101 cm³/mol. The molecule has 0 aliphatic rings. The smallest absolute Gasteiger partial charge is 0.407 e. The average molecular weight is 346 g/mol. The van der Waals surface area contributed by atoms with E-state index in [4.69, 9.17) is 4.74 Å². The van der Waals surface area contributed by atoms with Crippen LogP contribution in [0.2, 0.25) is 0 Å². The van der Waals surface area contributed by atoms with Gasteiger partial charge in [0.25, 0.3) is 0 Å². The molecule has 0 rings (SSSR count). The number of nitrogens with zero attached hydrogens (tertiary/aromatic N) is 2. The second kappa shape index (κ2) is 13.4. The molecule has 0 bridgehead atoms. The van der Waals surface area contributed by atoms with E-state index in [-0.39, 0.29) is 6.09 Å². The standard InChI is InChI=1S/C17H39N5O2/c1-17(2,3)24-16(23)20-8-7-12-22(14-9-18-4)15-11-19-10-13-21(5)6/h18-19H,7-15H2,1-6H3,(H,20,23). The summed E-state index contributed by atoms with van der Waals surface area (Å²) >= 11 is 0. The van der Waals surface area contributed by atoms with E-state index in [1.165, 1.54) is 0 Å². The van der Waals surface area contributed by atoms with Gasteiger partial charge in [0.15, 0.2) is 0 Å². The van der Waals surface area contributed by atoms with Crippen molar-refractivity contribution in [3.63, 3.8) is 0 Å². The molecule has 0 aliphatic carbocycles.